The number of rotatable bonds is 4. The summed E-state index contributed by atoms with van der Waals surface area (Å²) < 4.78 is 4.65. The van der Waals surface area contributed by atoms with E-state index in [4.69, 9.17) is 0 Å². The number of ether oxygens (including phenoxy) is 1. The smallest absolute Gasteiger partial charge is 0.355 e. The van der Waals surface area contributed by atoms with E-state index in [0.717, 1.165) is 7.11 Å². The van der Waals surface area contributed by atoms with Gasteiger partial charge in [0.15, 0.2) is 0 Å². The summed E-state index contributed by atoms with van der Waals surface area (Å²) in [5.41, 5.74) is 1.13. The molecule has 0 saturated heterocycles. The van der Waals surface area contributed by atoms with Gasteiger partial charge in [-0.2, -0.15) is 0 Å². The van der Waals surface area contributed by atoms with Crippen LogP contribution in [0.15, 0.2) is 46.8 Å². The van der Waals surface area contributed by atoms with Crippen LogP contribution in [-0.2, 0) is 14.3 Å². The fourth-order valence-electron chi connectivity index (χ4n) is 2.66. The summed E-state index contributed by atoms with van der Waals surface area (Å²) in [6.07, 6.45) is 0. The van der Waals surface area contributed by atoms with Crippen LogP contribution < -0.4 is 5.32 Å². The van der Waals surface area contributed by atoms with Gasteiger partial charge in [-0.25, -0.2) is 9.59 Å². The molecule has 126 valence electrons. The van der Waals surface area contributed by atoms with Crippen LogP contribution in [0.2, 0.25) is 0 Å². The molecule has 1 heterocycles. The lowest BCUT2D eigenvalue weighted by molar-refractivity contribution is -0.384. The predicted molar refractivity (Wildman–Crippen MR) is 84.0 cm³/mol. The number of carboxylic acid groups (broad SMARTS) is 1. The monoisotopic (exact) mass is 332 g/mol. The Balaban J connectivity index is 2.70. The zero-order valence-electron chi connectivity index (χ0n) is 13.3. The number of nitrogens with zero attached hydrogens (tertiary/aromatic N) is 1. The van der Waals surface area contributed by atoms with E-state index in [2.05, 4.69) is 10.1 Å². The van der Waals surface area contributed by atoms with Gasteiger partial charge >= 0.3 is 11.9 Å². The molecule has 0 unspecified atom stereocenters. The molecule has 0 radical (unpaired) electrons. The van der Waals surface area contributed by atoms with E-state index in [-0.39, 0.29) is 17.0 Å². The molecule has 2 rings (SSSR count). The van der Waals surface area contributed by atoms with Crippen molar-refractivity contribution in [3.8, 4) is 0 Å². The molecule has 0 amide bonds. The van der Waals surface area contributed by atoms with E-state index in [0.29, 0.717) is 16.8 Å². The van der Waals surface area contributed by atoms with Crippen molar-refractivity contribution in [1.82, 2.24) is 5.32 Å². The van der Waals surface area contributed by atoms with Crippen LogP contribution in [0.4, 0.5) is 5.69 Å². The lowest BCUT2D eigenvalue weighted by atomic mass is 9.81. The average molecular weight is 332 g/mol. The number of nitro groups is 1. The van der Waals surface area contributed by atoms with Crippen molar-refractivity contribution in [1.29, 1.82) is 0 Å². The van der Waals surface area contributed by atoms with Crippen LogP contribution in [0.3, 0.4) is 0 Å². The highest BCUT2D eigenvalue weighted by Gasteiger charge is 2.35. The second-order valence-corrected chi connectivity index (χ2v) is 5.30. The van der Waals surface area contributed by atoms with Gasteiger partial charge in [-0.3, -0.25) is 10.1 Å². The minimum absolute atomic E-state index is 0.152. The Kier molecular flexibility index (Phi) is 4.68. The van der Waals surface area contributed by atoms with Crippen molar-refractivity contribution in [3.63, 3.8) is 0 Å². The number of esters is 1. The molecule has 0 spiro atoms. The number of nitrogens with one attached hydrogen (secondary N) is 1. The predicted octanol–water partition coefficient (Wildman–Crippen LogP) is 2.09. The standard InChI is InChI=1S/C16H16N2O6/c1-8-9(2)17-14(16(21)24-3)13(15(19)20)12(8)10-5-4-6-11(7-10)18(22)23/h4-7,12,17H,1-3H3,(H,19,20)/t12-/m0/s1. The Morgan fingerprint density at radius 2 is 2.00 bits per heavy atom. The Bertz CT molecular complexity index is 794. The number of carbonyl (C=O) groups is 2. The maximum atomic E-state index is 11.9. The normalized spacial score (nSPS) is 17.4. The van der Waals surface area contributed by atoms with E-state index < -0.39 is 22.8 Å². The first-order valence-corrected chi connectivity index (χ1v) is 7.02. The van der Waals surface area contributed by atoms with Crippen molar-refractivity contribution >= 4 is 17.6 Å². The summed E-state index contributed by atoms with van der Waals surface area (Å²) in [6, 6.07) is 5.71. The first-order valence-electron chi connectivity index (χ1n) is 7.02. The zero-order valence-corrected chi connectivity index (χ0v) is 13.3. The van der Waals surface area contributed by atoms with Gasteiger partial charge in [0, 0.05) is 23.7 Å². The first-order chi connectivity index (χ1) is 11.3. The van der Waals surface area contributed by atoms with Gasteiger partial charge in [-0.15, -0.1) is 0 Å². The van der Waals surface area contributed by atoms with Gasteiger partial charge in [-0.05, 0) is 25.0 Å². The number of allylic oxidation sites excluding steroid dienone is 2. The minimum Gasteiger partial charge on any atom is -0.478 e. The highest BCUT2D eigenvalue weighted by molar-refractivity contribution is 6.01. The minimum atomic E-state index is -1.30. The van der Waals surface area contributed by atoms with Crippen LogP contribution in [0.25, 0.3) is 0 Å². The fourth-order valence-corrected chi connectivity index (χ4v) is 2.66. The number of dihydropyridines is 1. The van der Waals surface area contributed by atoms with Crippen molar-refractivity contribution in [2.24, 2.45) is 0 Å². The zero-order chi connectivity index (χ0) is 18.0. The van der Waals surface area contributed by atoms with Crippen LogP contribution in [0, 0.1) is 10.1 Å². The molecule has 1 aliphatic heterocycles. The summed E-state index contributed by atoms with van der Waals surface area (Å²) in [5.74, 6) is -2.90. The maximum absolute atomic E-state index is 11.9. The molecule has 0 bridgehead atoms. The molecule has 8 nitrogen and oxygen atoms in total. The van der Waals surface area contributed by atoms with E-state index in [1.54, 1.807) is 19.9 Å². The third kappa shape index (κ3) is 2.98. The topological polar surface area (TPSA) is 119 Å². The molecule has 0 aliphatic carbocycles. The Morgan fingerprint density at radius 1 is 1.33 bits per heavy atom. The lowest BCUT2D eigenvalue weighted by Gasteiger charge is -2.29. The molecule has 24 heavy (non-hydrogen) atoms. The third-order valence-electron chi connectivity index (χ3n) is 3.93. The van der Waals surface area contributed by atoms with Gasteiger partial charge in [0.25, 0.3) is 5.69 Å². The molecule has 0 fully saturated rings. The quantitative estimate of drug-likeness (QED) is 0.492. The van der Waals surface area contributed by atoms with E-state index in [9.17, 15) is 24.8 Å². The molecule has 2 N–H and O–H groups in total. The maximum Gasteiger partial charge on any atom is 0.355 e. The van der Waals surface area contributed by atoms with E-state index in [1.807, 2.05) is 0 Å². The van der Waals surface area contributed by atoms with Crippen molar-refractivity contribution in [2.45, 2.75) is 19.8 Å². The Morgan fingerprint density at radius 3 is 2.54 bits per heavy atom. The van der Waals surface area contributed by atoms with Crippen LogP contribution in [0.5, 0.6) is 0 Å². The number of aliphatic carboxylic acids is 1. The summed E-state index contributed by atoms with van der Waals surface area (Å²) in [6.45, 7) is 3.41. The molecular formula is C16H16N2O6. The number of benzene rings is 1. The van der Waals surface area contributed by atoms with Crippen molar-refractivity contribution in [2.75, 3.05) is 7.11 Å². The van der Waals surface area contributed by atoms with Crippen LogP contribution in [0.1, 0.15) is 25.3 Å². The molecule has 1 aliphatic rings. The number of nitro benzene ring substituents is 1. The van der Waals surface area contributed by atoms with Gasteiger partial charge in [-0.1, -0.05) is 12.1 Å². The average Bonchev–Trinajstić information content (AvgIpc) is 2.55. The number of hydrogen-bond acceptors (Lipinski definition) is 6. The fraction of sp³-hybridized carbons (Fsp3) is 0.250. The summed E-state index contributed by atoms with van der Waals surface area (Å²) in [7, 11) is 1.15. The third-order valence-corrected chi connectivity index (χ3v) is 3.93. The molecule has 0 aromatic heterocycles. The summed E-state index contributed by atoms with van der Waals surface area (Å²) >= 11 is 0. The summed E-state index contributed by atoms with van der Waals surface area (Å²) in [4.78, 5) is 34.2. The number of carbonyl (C=O) groups excluding carboxylic acids is 1. The lowest BCUT2D eigenvalue weighted by Crippen LogP contribution is -2.32. The van der Waals surface area contributed by atoms with Gasteiger partial charge in [0.1, 0.15) is 5.70 Å². The Labute approximate surface area is 137 Å². The van der Waals surface area contributed by atoms with Crippen LogP contribution >= 0.6 is 0 Å². The second kappa shape index (κ2) is 6.53. The highest BCUT2D eigenvalue weighted by atomic mass is 16.6. The molecular weight excluding hydrogens is 316 g/mol. The molecule has 8 heteroatoms. The first kappa shape index (κ1) is 17.2. The summed E-state index contributed by atoms with van der Waals surface area (Å²) in [5, 5.41) is 23.4. The van der Waals surface area contributed by atoms with E-state index in [1.165, 1.54) is 18.2 Å². The SMILES string of the molecule is COC(=O)C1=C(C(=O)O)[C@H](c2cccc([N+](=O)[O-])c2)C(C)=C(C)N1. The van der Waals surface area contributed by atoms with Crippen molar-refractivity contribution < 1.29 is 24.4 Å². The van der Waals surface area contributed by atoms with Crippen molar-refractivity contribution in [3.05, 3.63) is 62.5 Å². The number of methoxy groups -OCH3 is 1. The van der Waals surface area contributed by atoms with Gasteiger partial charge in [0.05, 0.1) is 17.6 Å². The van der Waals surface area contributed by atoms with Crippen LogP contribution in [-0.4, -0.2) is 29.1 Å². The molecule has 1 aromatic rings. The second-order valence-electron chi connectivity index (χ2n) is 5.30. The number of carboxylic acids is 1. The molecule has 0 saturated carbocycles. The number of non-ortho nitro benzene ring substituents is 1. The highest BCUT2D eigenvalue weighted by Crippen LogP contribution is 2.38. The molecule has 1 atom stereocenters. The van der Waals surface area contributed by atoms with Gasteiger partial charge in [0.2, 0.25) is 0 Å². The number of hydrogen-bond donors (Lipinski definition) is 2. The molecule has 1 aromatic carbocycles. The Hall–Kier alpha value is -3.16. The largest absolute Gasteiger partial charge is 0.478 e. The van der Waals surface area contributed by atoms with E-state index >= 15 is 0 Å². The van der Waals surface area contributed by atoms with Gasteiger partial charge < -0.3 is 15.2 Å².